The van der Waals surface area contributed by atoms with Crippen LogP contribution in [0.5, 0.6) is 5.75 Å². The molecule has 6 heteroatoms. The van der Waals surface area contributed by atoms with E-state index < -0.39 is 5.97 Å². The van der Waals surface area contributed by atoms with Gasteiger partial charge in [0.15, 0.2) is 0 Å². The number of carbonyl (C=O) groups is 1. The van der Waals surface area contributed by atoms with E-state index in [-0.39, 0.29) is 5.56 Å². The van der Waals surface area contributed by atoms with Crippen molar-refractivity contribution in [3.05, 3.63) is 93.0 Å². The van der Waals surface area contributed by atoms with E-state index in [0.717, 1.165) is 28.1 Å². The fourth-order valence-corrected chi connectivity index (χ4v) is 3.15. The largest absolute Gasteiger partial charge is 0.489 e. The van der Waals surface area contributed by atoms with E-state index in [2.05, 4.69) is 5.32 Å². The van der Waals surface area contributed by atoms with E-state index in [4.69, 9.17) is 33.0 Å². The van der Waals surface area contributed by atoms with Crippen molar-refractivity contribution in [2.75, 3.05) is 5.32 Å². The van der Waals surface area contributed by atoms with Crippen molar-refractivity contribution < 1.29 is 14.6 Å². The Morgan fingerprint density at radius 1 is 1.07 bits per heavy atom. The highest BCUT2D eigenvalue weighted by Gasteiger charge is 2.07. The van der Waals surface area contributed by atoms with Crippen molar-refractivity contribution in [2.45, 2.75) is 20.1 Å². The zero-order valence-corrected chi connectivity index (χ0v) is 16.7. The van der Waals surface area contributed by atoms with Crippen LogP contribution in [0, 0.1) is 6.92 Å². The van der Waals surface area contributed by atoms with Crippen LogP contribution in [0.4, 0.5) is 5.69 Å². The molecule has 0 aliphatic carbocycles. The molecule has 2 N–H and O–H groups in total. The van der Waals surface area contributed by atoms with Gasteiger partial charge in [0, 0.05) is 27.8 Å². The quantitative estimate of drug-likeness (QED) is 0.482. The highest BCUT2D eigenvalue weighted by molar-refractivity contribution is 6.35. The van der Waals surface area contributed by atoms with Gasteiger partial charge in [-0.15, -0.1) is 0 Å². The van der Waals surface area contributed by atoms with Crippen molar-refractivity contribution in [3.63, 3.8) is 0 Å². The second kappa shape index (κ2) is 9.00. The minimum absolute atomic E-state index is 0.255. The number of halogens is 2. The maximum Gasteiger partial charge on any atom is 0.335 e. The number of benzene rings is 3. The molecule has 0 spiro atoms. The summed E-state index contributed by atoms with van der Waals surface area (Å²) in [4.78, 5) is 11.2. The van der Waals surface area contributed by atoms with Crippen LogP contribution in [-0.4, -0.2) is 11.1 Å². The van der Waals surface area contributed by atoms with Gasteiger partial charge in [-0.1, -0.05) is 47.5 Å². The van der Waals surface area contributed by atoms with Gasteiger partial charge in [-0.05, 0) is 54.4 Å². The van der Waals surface area contributed by atoms with Gasteiger partial charge in [0.05, 0.1) is 5.56 Å². The third-order valence-corrected chi connectivity index (χ3v) is 4.86. The standard InChI is InChI=1S/C22H19Cl2NO3/c1-14-5-6-16(22(26)27)10-21(14)25-12-15-3-2-4-19(9-15)28-13-17-7-8-18(23)11-20(17)24/h2-11,25H,12-13H2,1H3,(H,26,27). The van der Waals surface area contributed by atoms with Crippen LogP contribution < -0.4 is 10.1 Å². The second-order valence-electron chi connectivity index (χ2n) is 6.36. The average molecular weight is 416 g/mol. The van der Waals surface area contributed by atoms with E-state index in [9.17, 15) is 4.79 Å². The summed E-state index contributed by atoms with van der Waals surface area (Å²) >= 11 is 12.1. The summed E-state index contributed by atoms with van der Waals surface area (Å²) in [6.45, 7) is 2.82. The van der Waals surface area contributed by atoms with Gasteiger partial charge in [-0.3, -0.25) is 0 Å². The van der Waals surface area contributed by atoms with E-state index >= 15 is 0 Å². The van der Waals surface area contributed by atoms with Crippen molar-refractivity contribution >= 4 is 34.9 Å². The van der Waals surface area contributed by atoms with Crippen LogP contribution in [0.3, 0.4) is 0 Å². The Labute approximate surface area is 173 Å². The molecule has 0 fully saturated rings. The Morgan fingerprint density at radius 2 is 1.89 bits per heavy atom. The van der Waals surface area contributed by atoms with Crippen molar-refractivity contribution in [3.8, 4) is 5.75 Å². The summed E-state index contributed by atoms with van der Waals surface area (Å²) in [5, 5.41) is 13.6. The molecule has 28 heavy (non-hydrogen) atoms. The lowest BCUT2D eigenvalue weighted by Gasteiger charge is -2.12. The number of hydrogen-bond donors (Lipinski definition) is 2. The number of carboxylic acids is 1. The smallest absolute Gasteiger partial charge is 0.335 e. The molecular weight excluding hydrogens is 397 g/mol. The predicted octanol–water partition coefficient (Wildman–Crippen LogP) is 6.19. The molecule has 3 aromatic rings. The monoisotopic (exact) mass is 415 g/mol. The molecule has 0 radical (unpaired) electrons. The van der Waals surface area contributed by atoms with Gasteiger partial charge in [0.2, 0.25) is 0 Å². The molecular formula is C22H19Cl2NO3. The molecule has 0 aromatic heterocycles. The van der Waals surface area contributed by atoms with E-state index in [1.807, 2.05) is 37.3 Å². The molecule has 0 aliphatic heterocycles. The third-order valence-electron chi connectivity index (χ3n) is 4.28. The normalized spacial score (nSPS) is 10.5. The summed E-state index contributed by atoms with van der Waals surface area (Å²) in [7, 11) is 0. The van der Waals surface area contributed by atoms with Gasteiger partial charge in [-0.2, -0.15) is 0 Å². The average Bonchev–Trinajstić information content (AvgIpc) is 2.67. The molecule has 0 saturated heterocycles. The highest BCUT2D eigenvalue weighted by Crippen LogP contribution is 2.24. The minimum atomic E-state index is -0.945. The van der Waals surface area contributed by atoms with Gasteiger partial charge < -0.3 is 15.2 Å². The van der Waals surface area contributed by atoms with Crippen LogP contribution in [0.25, 0.3) is 0 Å². The maximum absolute atomic E-state index is 11.2. The lowest BCUT2D eigenvalue weighted by molar-refractivity contribution is 0.0697. The summed E-state index contributed by atoms with van der Waals surface area (Å²) in [5.41, 5.74) is 3.90. The van der Waals surface area contributed by atoms with Gasteiger partial charge in [0.1, 0.15) is 12.4 Å². The van der Waals surface area contributed by atoms with Crippen LogP contribution in [0.1, 0.15) is 27.0 Å². The Bertz CT molecular complexity index is 1000. The Kier molecular flexibility index (Phi) is 6.45. The van der Waals surface area contributed by atoms with Crippen molar-refractivity contribution in [1.29, 1.82) is 0 Å². The van der Waals surface area contributed by atoms with E-state index in [1.165, 1.54) is 0 Å². The lowest BCUT2D eigenvalue weighted by atomic mass is 10.1. The Morgan fingerprint density at radius 3 is 2.64 bits per heavy atom. The number of anilines is 1. The Hall–Kier alpha value is -2.69. The number of ether oxygens (including phenoxy) is 1. The van der Waals surface area contributed by atoms with Crippen LogP contribution in [0.2, 0.25) is 10.0 Å². The third kappa shape index (κ3) is 5.18. The molecule has 0 unspecified atom stereocenters. The summed E-state index contributed by atoms with van der Waals surface area (Å²) in [6, 6.07) is 18.0. The number of aromatic carboxylic acids is 1. The zero-order chi connectivity index (χ0) is 20.1. The maximum atomic E-state index is 11.2. The molecule has 3 rings (SSSR count). The van der Waals surface area contributed by atoms with Gasteiger partial charge in [0.25, 0.3) is 0 Å². The molecule has 0 atom stereocenters. The predicted molar refractivity (Wildman–Crippen MR) is 113 cm³/mol. The fraction of sp³-hybridized carbons (Fsp3) is 0.136. The molecule has 144 valence electrons. The molecule has 0 bridgehead atoms. The first kappa shape index (κ1) is 20.1. The molecule has 3 aromatic carbocycles. The number of carboxylic acid groups (broad SMARTS) is 1. The summed E-state index contributed by atoms with van der Waals surface area (Å²) in [6.07, 6.45) is 0. The van der Waals surface area contributed by atoms with Gasteiger partial charge >= 0.3 is 5.97 Å². The van der Waals surface area contributed by atoms with E-state index in [0.29, 0.717) is 23.2 Å². The molecule has 0 aliphatic rings. The molecule has 0 amide bonds. The second-order valence-corrected chi connectivity index (χ2v) is 7.20. The topological polar surface area (TPSA) is 58.6 Å². The van der Waals surface area contributed by atoms with Crippen LogP contribution in [0.15, 0.2) is 60.7 Å². The minimum Gasteiger partial charge on any atom is -0.489 e. The first-order valence-corrected chi connectivity index (χ1v) is 9.41. The Balaban J connectivity index is 1.65. The number of hydrogen-bond acceptors (Lipinski definition) is 3. The highest BCUT2D eigenvalue weighted by atomic mass is 35.5. The zero-order valence-electron chi connectivity index (χ0n) is 15.2. The summed E-state index contributed by atoms with van der Waals surface area (Å²) in [5.74, 6) is -0.222. The molecule has 0 saturated carbocycles. The number of nitrogens with one attached hydrogen (secondary N) is 1. The molecule has 4 nitrogen and oxygen atoms in total. The van der Waals surface area contributed by atoms with E-state index in [1.54, 1.807) is 30.3 Å². The molecule has 0 heterocycles. The van der Waals surface area contributed by atoms with Crippen LogP contribution >= 0.6 is 23.2 Å². The first-order chi connectivity index (χ1) is 13.4. The number of aryl methyl sites for hydroxylation is 1. The van der Waals surface area contributed by atoms with Crippen LogP contribution in [-0.2, 0) is 13.2 Å². The number of rotatable bonds is 7. The SMILES string of the molecule is Cc1ccc(C(=O)O)cc1NCc1cccc(OCc2ccc(Cl)cc2Cl)c1. The van der Waals surface area contributed by atoms with Crippen molar-refractivity contribution in [1.82, 2.24) is 0 Å². The fourth-order valence-electron chi connectivity index (χ4n) is 2.69. The first-order valence-electron chi connectivity index (χ1n) is 8.66. The lowest BCUT2D eigenvalue weighted by Crippen LogP contribution is -2.04. The van der Waals surface area contributed by atoms with Gasteiger partial charge in [-0.25, -0.2) is 4.79 Å². The van der Waals surface area contributed by atoms with Crippen molar-refractivity contribution in [2.24, 2.45) is 0 Å². The summed E-state index contributed by atoms with van der Waals surface area (Å²) < 4.78 is 5.85.